The number of hydrogen-bond donors (Lipinski definition) is 1. The second-order valence-corrected chi connectivity index (χ2v) is 7.49. The van der Waals surface area contributed by atoms with E-state index < -0.39 is 21.7 Å². The van der Waals surface area contributed by atoms with Crippen LogP contribution in [0.3, 0.4) is 0 Å². The third-order valence-electron chi connectivity index (χ3n) is 3.44. The van der Waals surface area contributed by atoms with Gasteiger partial charge in [0.1, 0.15) is 10.7 Å². The molecule has 0 radical (unpaired) electrons. The summed E-state index contributed by atoms with van der Waals surface area (Å²) in [6, 6.07) is 8.07. The van der Waals surface area contributed by atoms with Gasteiger partial charge in [-0.05, 0) is 42.8 Å². The van der Waals surface area contributed by atoms with Gasteiger partial charge in [0.2, 0.25) is 0 Å². The van der Waals surface area contributed by atoms with Crippen molar-refractivity contribution in [2.24, 2.45) is 0 Å². The summed E-state index contributed by atoms with van der Waals surface area (Å²) < 4.78 is 39.1. The van der Waals surface area contributed by atoms with E-state index in [2.05, 4.69) is 10.2 Å². The number of carbonyl (C=O) groups excluding carboxylic acids is 1. The molecule has 2 rings (SSSR count). The van der Waals surface area contributed by atoms with Crippen LogP contribution in [0.25, 0.3) is 0 Å². The van der Waals surface area contributed by atoms with Crippen molar-refractivity contribution in [1.82, 2.24) is 4.47 Å². The van der Waals surface area contributed by atoms with Crippen molar-refractivity contribution in [3.8, 4) is 0 Å². The molecule has 25 heavy (non-hydrogen) atoms. The van der Waals surface area contributed by atoms with E-state index >= 15 is 0 Å². The van der Waals surface area contributed by atoms with Crippen LogP contribution < -0.4 is 5.32 Å². The highest BCUT2D eigenvalue weighted by atomic mass is 35.5. The van der Waals surface area contributed by atoms with Crippen molar-refractivity contribution >= 4 is 33.2 Å². The molecule has 0 saturated heterocycles. The zero-order valence-electron chi connectivity index (χ0n) is 13.7. The van der Waals surface area contributed by atoms with E-state index in [4.69, 9.17) is 11.6 Å². The molecule has 0 spiro atoms. The Kier molecular flexibility index (Phi) is 5.79. The number of aryl methyl sites for hydroxylation is 1. The van der Waals surface area contributed by atoms with Crippen LogP contribution in [0.5, 0.6) is 0 Å². The van der Waals surface area contributed by atoms with Crippen LogP contribution >= 0.6 is 11.6 Å². The van der Waals surface area contributed by atoms with E-state index in [0.29, 0.717) is 10.0 Å². The largest absolute Gasteiger partial charge is 0.319 e. The van der Waals surface area contributed by atoms with Crippen LogP contribution in [0.15, 0.2) is 41.3 Å². The number of rotatable bonds is 5. The summed E-state index contributed by atoms with van der Waals surface area (Å²) in [4.78, 5) is 16.7. The lowest BCUT2D eigenvalue weighted by Gasteiger charge is -2.16. The van der Waals surface area contributed by atoms with Gasteiger partial charge in [-0.3, -0.25) is 9.63 Å². The molecule has 2 aromatic rings. The minimum atomic E-state index is -4.04. The van der Waals surface area contributed by atoms with Crippen LogP contribution in [-0.2, 0) is 14.9 Å². The number of halogens is 2. The van der Waals surface area contributed by atoms with E-state index in [0.717, 1.165) is 6.07 Å². The van der Waals surface area contributed by atoms with Gasteiger partial charge in [0.15, 0.2) is 0 Å². The summed E-state index contributed by atoms with van der Waals surface area (Å²) in [7, 11) is -1.66. The van der Waals surface area contributed by atoms with Crippen molar-refractivity contribution in [2.45, 2.75) is 11.8 Å². The van der Waals surface area contributed by atoms with Gasteiger partial charge in [-0.1, -0.05) is 22.1 Å². The fourth-order valence-corrected chi connectivity index (χ4v) is 3.47. The summed E-state index contributed by atoms with van der Waals surface area (Å²) in [6.45, 7) is 1.72. The lowest BCUT2D eigenvalue weighted by Crippen LogP contribution is -2.26. The number of nitrogens with zero attached hydrogens (tertiary/aromatic N) is 1. The van der Waals surface area contributed by atoms with Crippen molar-refractivity contribution < 1.29 is 22.4 Å². The summed E-state index contributed by atoms with van der Waals surface area (Å²) in [5.74, 6) is -1.26. The van der Waals surface area contributed by atoms with E-state index in [-0.39, 0.29) is 21.2 Å². The number of anilines is 1. The molecule has 0 bridgehead atoms. The normalized spacial score (nSPS) is 11.6. The van der Waals surface area contributed by atoms with Gasteiger partial charge >= 0.3 is 0 Å². The molecule has 1 amide bonds. The highest BCUT2D eigenvalue weighted by Gasteiger charge is 2.25. The second-order valence-electron chi connectivity index (χ2n) is 5.18. The number of hydroxylamine groups is 1. The monoisotopic (exact) mass is 386 g/mol. The first-order valence-corrected chi connectivity index (χ1v) is 8.88. The number of hydrogen-bond acceptors (Lipinski definition) is 4. The SMILES string of the molecule is CON(C)S(=O)(=O)c1cc(C(=O)Nc2ccc(C)cc2F)ccc1Cl. The Labute approximate surface area is 150 Å². The molecule has 0 unspecified atom stereocenters. The third kappa shape index (κ3) is 4.16. The van der Waals surface area contributed by atoms with Crippen LogP contribution in [-0.4, -0.2) is 33.0 Å². The molecule has 0 saturated carbocycles. The molecule has 0 aliphatic heterocycles. The Morgan fingerprint density at radius 1 is 1.24 bits per heavy atom. The molecule has 134 valence electrons. The second kappa shape index (κ2) is 7.49. The molecule has 1 N–H and O–H groups in total. The Bertz CT molecular complexity index is 918. The maximum atomic E-state index is 13.9. The number of amides is 1. The van der Waals surface area contributed by atoms with E-state index in [1.807, 2.05) is 0 Å². The van der Waals surface area contributed by atoms with Crippen LogP contribution in [0, 0.1) is 12.7 Å². The lowest BCUT2D eigenvalue weighted by molar-refractivity contribution is -0.0258. The number of nitrogens with one attached hydrogen (secondary N) is 1. The lowest BCUT2D eigenvalue weighted by atomic mass is 10.2. The first-order chi connectivity index (χ1) is 11.7. The molecular formula is C16H16ClFN2O4S. The molecule has 0 heterocycles. The smallest absolute Gasteiger partial charge is 0.266 e. The summed E-state index contributed by atoms with van der Waals surface area (Å²) >= 11 is 5.94. The number of carbonyl (C=O) groups is 1. The van der Waals surface area contributed by atoms with E-state index in [1.54, 1.807) is 13.0 Å². The zero-order chi connectivity index (χ0) is 18.8. The van der Waals surface area contributed by atoms with Gasteiger partial charge in [0.05, 0.1) is 17.8 Å². The Morgan fingerprint density at radius 3 is 2.52 bits per heavy atom. The first-order valence-electron chi connectivity index (χ1n) is 7.07. The predicted octanol–water partition coefficient (Wildman–Crippen LogP) is 3.22. The van der Waals surface area contributed by atoms with Gasteiger partial charge in [-0.25, -0.2) is 12.8 Å². The predicted molar refractivity (Wildman–Crippen MR) is 92.5 cm³/mol. The molecule has 9 heteroatoms. The van der Waals surface area contributed by atoms with Crippen molar-refractivity contribution in [1.29, 1.82) is 0 Å². The standard InChI is InChI=1S/C16H16ClFN2O4S/c1-10-4-7-14(13(18)8-10)19-16(21)11-5-6-12(17)15(9-11)25(22,23)20(2)24-3/h4-9H,1-3H3,(H,19,21). The van der Waals surface area contributed by atoms with Crippen LogP contribution in [0.1, 0.15) is 15.9 Å². The highest BCUT2D eigenvalue weighted by molar-refractivity contribution is 7.89. The van der Waals surface area contributed by atoms with Gasteiger partial charge in [-0.15, -0.1) is 0 Å². The van der Waals surface area contributed by atoms with E-state index in [9.17, 15) is 17.6 Å². The molecule has 0 aliphatic carbocycles. The summed E-state index contributed by atoms with van der Waals surface area (Å²) in [5, 5.41) is 2.33. The molecule has 0 fully saturated rings. The molecule has 0 aliphatic rings. The Balaban J connectivity index is 2.37. The summed E-state index contributed by atoms with van der Waals surface area (Å²) in [6.07, 6.45) is 0. The van der Waals surface area contributed by atoms with Crippen molar-refractivity contribution in [3.63, 3.8) is 0 Å². The molecule has 2 aromatic carbocycles. The number of sulfonamides is 1. The van der Waals surface area contributed by atoms with Gasteiger partial charge in [-0.2, -0.15) is 0 Å². The minimum absolute atomic E-state index is 0.00690. The van der Waals surface area contributed by atoms with Crippen molar-refractivity contribution in [3.05, 3.63) is 58.4 Å². The van der Waals surface area contributed by atoms with E-state index in [1.165, 1.54) is 38.4 Å². The maximum Gasteiger partial charge on any atom is 0.266 e. The summed E-state index contributed by atoms with van der Waals surface area (Å²) in [5.41, 5.74) is 0.703. The minimum Gasteiger partial charge on any atom is -0.319 e. The fraction of sp³-hybridized carbons (Fsp3) is 0.188. The molecule has 0 atom stereocenters. The first kappa shape index (κ1) is 19.3. The van der Waals surface area contributed by atoms with Crippen LogP contribution in [0.2, 0.25) is 5.02 Å². The molecule has 6 nitrogen and oxygen atoms in total. The average Bonchev–Trinajstić information content (AvgIpc) is 2.56. The topological polar surface area (TPSA) is 75.7 Å². The van der Waals surface area contributed by atoms with Crippen molar-refractivity contribution in [2.75, 3.05) is 19.5 Å². The quantitative estimate of drug-likeness (QED) is 0.800. The Hall–Kier alpha value is -2.00. The Morgan fingerprint density at radius 2 is 1.92 bits per heavy atom. The molecule has 0 aromatic heterocycles. The third-order valence-corrected chi connectivity index (χ3v) is 5.60. The fourth-order valence-electron chi connectivity index (χ4n) is 1.99. The zero-order valence-corrected chi connectivity index (χ0v) is 15.3. The van der Waals surface area contributed by atoms with Gasteiger partial charge < -0.3 is 5.32 Å². The average molecular weight is 387 g/mol. The van der Waals surface area contributed by atoms with Gasteiger partial charge in [0, 0.05) is 12.6 Å². The maximum absolute atomic E-state index is 13.9. The number of benzene rings is 2. The molecular weight excluding hydrogens is 371 g/mol. The van der Waals surface area contributed by atoms with Gasteiger partial charge in [0.25, 0.3) is 15.9 Å². The highest BCUT2D eigenvalue weighted by Crippen LogP contribution is 2.26. The van der Waals surface area contributed by atoms with Crippen LogP contribution in [0.4, 0.5) is 10.1 Å².